The molecule has 186 valence electrons. The number of nitrogens with two attached hydrogens (primary N) is 1. The van der Waals surface area contributed by atoms with E-state index >= 15 is 0 Å². The van der Waals surface area contributed by atoms with Gasteiger partial charge in [-0.15, -0.1) is 5.10 Å². The molecule has 0 atom stereocenters. The van der Waals surface area contributed by atoms with Crippen LogP contribution < -0.4 is 20.6 Å². The van der Waals surface area contributed by atoms with Gasteiger partial charge in [0.2, 0.25) is 11.6 Å². The molecule has 36 heavy (non-hydrogen) atoms. The summed E-state index contributed by atoms with van der Waals surface area (Å²) in [6.07, 6.45) is 1.45. The van der Waals surface area contributed by atoms with Crippen molar-refractivity contribution < 1.29 is 18.9 Å². The number of anilines is 1. The number of nitrogens with zero attached hydrogens (tertiary/aromatic N) is 6. The number of rotatable bonds is 9. The summed E-state index contributed by atoms with van der Waals surface area (Å²) in [6, 6.07) is 10.4. The van der Waals surface area contributed by atoms with Crippen molar-refractivity contribution in [2.45, 2.75) is 20.5 Å². The smallest absolute Gasteiger partial charge is 0.292 e. The number of nitrogens with one attached hydrogen (secondary N) is 1. The van der Waals surface area contributed by atoms with Crippen LogP contribution >= 0.6 is 23.2 Å². The van der Waals surface area contributed by atoms with E-state index in [9.17, 15) is 4.79 Å². The molecule has 2 aromatic heterocycles. The topological polar surface area (TPSA) is 156 Å². The van der Waals surface area contributed by atoms with E-state index in [2.05, 4.69) is 35.8 Å². The van der Waals surface area contributed by atoms with Gasteiger partial charge in [-0.1, -0.05) is 34.5 Å². The van der Waals surface area contributed by atoms with Gasteiger partial charge in [0.05, 0.1) is 18.5 Å². The van der Waals surface area contributed by atoms with Crippen LogP contribution in [-0.4, -0.2) is 44.0 Å². The molecule has 0 unspecified atom stereocenters. The number of hydrogen-bond donors (Lipinski definition) is 2. The number of carbonyl (C=O) groups is 1. The van der Waals surface area contributed by atoms with Crippen molar-refractivity contribution >= 4 is 41.1 Å². The number of benzene rings is 2. The number of amides is 1. The normalized spacial score (nSPS) is 11.1. The van der Waals surface area contributed by atoms with Crippen LogP contribution in [0.15, 0.2) is 46.1 Å². The number of aryl methyl sites for hydroxylation is 1. The first-order valence-electron chi connectivity index (χ1n) is 10.6. The number of nitrogen functional groups attached to an aromatic ring is 1. The average Bonchev–Trinajstić information content (AvgIpc) is 3.44. The second-order valence-electron chi connectivity index (χ2n) is 7.24. The van der Waals surface area contributed by atoms with Gasteiger partial charge in [0, 0.05) is 15.6 Å². The van der Waals surface area contributed by atoms with Crippen molar-refractivity contribution in [3.8, 4) is 17.3 Å². The fourth-order valence-electron chi connectivity index (χ4n) is 3.13. The fraction of sp³-hybridized carbons (Fsp3) is 0.182. The number of aromatic nitrogens is 5. The lowest BCUT2D eigenvalue weighted by Crippen LogP contribution is -2.22. The fourth-order valence-corrected chi connectivity index (χ4v) is 3.64. The van der Waals surface area contributed by atoms with E-state index in [4.69, 9.17) is 38.4 Å². The summed E-state index contributed by atoms with van der Waals surface area (Å²) in [5, 5.41) is 19.9. The minimum Gasteiger partial charge on any atom is -0.490 e. The van der Waals surface area contributed by atoms with Gasteiger partial charge < -0.3 is 15.2 Å². The third-order valence-electron chi connectivity index (χ3n) is 4.83. The Labute approximate surface area is 214 Å². The summed E-state index contributed by atoms with van der Waals surface area (Å²) in [4.78, 5) is 12.7. The van der Waals surface area contributed by atoms with E-state index in [1.165, 1.54) is 6.21 Å². The Morgan fingerprint density at radius 3 is 2.67 bits per heavy atom. The summed E-state index contributed by atoms with van der Waals surface area (Å²) in [7, 11) is 0. The molecule has 0 aliphatic rings. The molecule has 0 aliphatic heterocycles. The number of halogens is 2. The first-order valence-corrected chi connectivity index (χ1v) is 11.3. The highest BCUT2D eigenvalue weighted by Crippen LogP contribution is 2.31. The van der Waals surface area contributed by atoms with Crippen LogP contribution in [0.2, 0.25) is 10.0 Å². The zero-order valence-electron chi connectivity index (χ0n) is 19.1. The minimum atomic E-state index is -0.585. The lowest BCUT2D eigenvalue weighted by molar-refractivity contribution is 0.0946. The van der Waals surface area contributed by atoms with Crippen LogP contribution in [0.3, 0.4) is 0 Å². The molecular weight excluding hydrogens is 511 g/mol. The number of hydrazone groups is 1. The summed E-state index contributed by atoms with van der Waals surface area (Å²) in [5.74, 6) is 0.402. The number of hydrogen-bond acceptors (Lipinski definition) is 10. The molecule has 1 amide bonds. The van der Waals surface area contributed by atoms with Gasteiger partial charge in [-0.25, -0.2) is 10.1 Å². The van der Waals surface area contributed by atoms with E-state index in [0.717, 1.165) is 4.68 Å². The van der Waals surface area contributed by atoms with Crippen molar-refractivity contribution in [3.63, 3.8) is 0 Å². The molecule has 0 bridgehead atoms. The van der Waals surface area contributed by atoms with Crippen LogP contribution in [0.1, 0.15) is 34.2 Å². The Balaban J connectivity index is 1.47. The van der Waals surface area contributed by atoms with Crippen LogP contribution in [0.5, 0.6) is 11.5 Å². The molecule has 0 fully saturated rings. The molecule has 0 saturated carbocycles. The average molecular weight is 531 g/mol. The highest BCUT2D eigenvalue weighted by atomic mass is 35.5. The SMILES string of the molecule is CCOc1cc(/C=N/NC(=O)c2c(C)nnn2-c2nonc2N)ccc1OCc1c(Cl)cccc1Cl. The molecule has 3 N–H and O–H groups in total. The molecular formula is C22H20Cl2N8O4. The Kier molecular flexibility index (Phi) is 7.66. The highest BCUT2D eigenvalue weighted by molar-refractivity contribution is 6.35. The van der Waals surface area contributed by atoms with E-state index in [1.807, 2.05) is 6.92 Å². The van der Waals surface area contributed by atoms with Crippen molar-refractivity contribution in [1.29, 1.82) is 0 Å². The largest absolute Gasteiger partial charge is 0.490 e. The van der Waals surface area contributed by atoms with Gasteiger partial charge in [0.1, 0.15) is 6.61 Å². The third kappa shape index (κ3) is 5.39. The minimum absolute atomic E-state index is 0.0414. The lowest BCUT2D eigenvalue weighted by atomic mass is 10.2. The standard InChI is InChI=1S/C22H20Cl2N8O4/c1-3-34-18-9-13(7-8-17(18)35-11-14-15(23)5-4-6-16(14)24)10-26-28-22(33)19-12(2)27-31-32(19)21-20(25)29-36-30-21/h4-10H,3,11H2,1-2H3,(H2,25,29)(H,28,33)/b26-10+. The third-order valence-corrected chi connectivity index (χ3v) is 5.54. The zero-order valence-corrected chi connectivity index (χ0v) is 20.6. The van der Waals surface area contributed by atoms with E-state index in [1.54, 1.807) is 43.3 Å². The van der Waals surface area contributed by atoms with Gasteiger partial charge in [0.15, 0.2) is 17.2 Å². The molecule has 4 aromatic rings. The molecule has 4 rings (SSSR count). The molecule has 0 radical (unpaired) electrons. The van der Waals surface area contributed by atoms with Gasteiger partial charge in [-0.3, -0.25) is 4.79 Å². The zero-order chi connectivity index (χ0) is 25.7. The molecule has 0 spiro atoms. The molecule has 2 aromatic carbocycles. The summed E-state index contributed by atoms with van der Waals surface area (Å²) in [5.41, 5.74) is 9.86. The Hall–Kier alpha value is -4.16. The predicted molar refractivity (Wildman–Crippen MR) is 132 cm³/mol. The first-order chi connectivity index (χ1) is 17.4. The summed E-state index contributed by atoms with van der Waals surface area (Å²) >= 11 is 12.4. The molecule has 12 nitrogen and oxygen atoms in total. The number of ether oxygens (including phenoxy) is 2. The van der Waals surface area contributed by atoms with Crippen molar-refractivity contribution in [3.05, 3.63) is 69.0 Å². The van der Waals surface area contributed by atoms with Gasteiger partial charge >= 0.3 is 0 Å². The highest BCUT2D eigenvalue weighted by Gasteiger charge is 2.22. The molecule has 14 heteroatoms. The number of carbonyl (C=O) groups excluding carboxylic acids is 1. The second-order valence-corrected chi connectivity index (χ2v) is 8.05. The van der Waals surface area contributed by atoms with Crippen molar-refractivity contribution in [1.82, 2.24) is 30.7 Å². The van der Waals surface area contributed by atoms with E-state index in [0.29, 0.717) is 45.0 Å². The maximum absolute atomic E-state index is 12.7. The maximum Gasteiger partial charge on any atom is 0.292 e. The summed E-state index contributed by atoms with van der Waals surface area (Å²) in [6.45, 7) is 4.03. The van der Waals surface area contributed by atoms with E-state index in [-0.39, 0.29) is 23.9 Å². The quantitative estimate of drug-likeness (QED) is 0.243. The van der Waals surface area contributed by atoms with Gasteiger partial charge in [0.25, 0.3) is 5.91 Å². The Bertz CT molecular complexity index is 1400. The maximum atomic E-state index is 12.7. The van der Waals surface area contributed by atoms with Gasteiger partial charge in [-0.2, -0.15) is 9.78 Å². The van der Waals surface area contributed by atoms with Crippen LogP contribution in [0, 0.1) is 6.92 Å². The van der Waals surface area contributed by atoms with Crippen LogP contribution in [-0.2, 0) is 6.61 Å². The van der Waals surface area contributed by atoms with Crippen molar-refractivity contribution in [2.75, 3.05) is 12.3 Å². The second kappa shape index (κ2) is 11.1. The first kappa shape index (κ1) is 24.9. The Morgan fingerprint density at radius 1 is 1.19 bits per heavy atom. The summed E-state index contributed by atoms with van der Waals surface area (Å²) < 4.78 is 17.3. The monoisotopic (exact) mass is 530 g/mol. The predicted octanol–water partition coefficient (Wildman–Crippen LogP) is 3.59. The Morgan fingerprint density at radius 2 is 1.97 bits per heavy atom. The van der Waals surface area contributed by atoms with E-state index < -0.39 is 5.91 Å². The van der Waals surface area contributed by atoms with Crippen LogP contribution in [0.25, 0.3) is 5.82 Å². The van der Waals surface area contributed by atoms with Crippen molar-refractivity contribution in [2.24, 2.45) is 5.10 Å². The van der Waals surface area contributed by atoms with Crippen LogP contribution in [0.4, 0.5) is 5.82 Å². The molecule has 0 aliphatic carbocycles. The molecule has 2 heterocycles. The molecule has 0 saturated heterocycles. The van der Waals surface area contributed by atoms with Gasteiger partial charge in [-0.05, 0) is 60.1 Å². The lowest BCUT2D eigenvalue weighted by Gasteiger charge is -2.14.